The van der Waals surface area contributed by atoms with E-state index >= 15 is 0 Å². The van der Waals surface area contributed by atoms with E-state index in [2.05, 4.69) is 10.1 Å². The van der Waals surface area contributed by atoms with Crippen molar-refractivity contribution in [2.75, 3.05) is 0 Å². The minimum Gasteiger partial charge on any atom is -0.251 e. The van der Waals surface area contributed by atoms with Crippen molar-refractivity contribution in [2.24, 2.45) is 0 Å². The van der Waals surface area contributed by atoms with Gasteiger partial charge in [-0.1, -0.05) is 30.3 Å². The molecular weight excluding hydrogens is 198 g/mol. The lowest BCUT2D eigenvalue weighted by molar-refractivity contribution is 0.600. The molecule has 72 valence electrons. The molecule has 0 fully saturated rings. The Morgan fingerprint density at radius 3 is 2.71 bits per heavy atom. The van der Waals surface area contributed by atoms with Crippen molar-refractivity contribution in [1.29, 1.82) is 0 Å². The molecule has 3 nitrogen and oxygen atoms in total. The van der Waals surface area contributed by atoms with E-state index in [4.69, 9.17) is 11.6 Å². The second-order valence-electron chi connectivity index (χ2n) is 3.00. The molecule has 1 aromatic carbocycles. The van der Waals surface area contributed by atoms with Crippen LogP contribution < -0.4 is 0 Å². The molecule has 0 saturated carbocycles. The molecule has 0 bridgehead atoms. The van der Waals surface area contributed by atoms with Crippen LogP contribution in [0.15, 0.2) is 43.0 Å². The smallest absolute Gasteiger partial charge is 0.137 e. The lowest BCUT2D eigenvalue weighted by Crippen LogP contribution is -2.04. The molecule has 2 aromatic rings. The first-order valence-corrected chi connectivity index (χ1v) is 4.81. The van der Waals surface area contributed by atoms with Crippen molar-refractivity contribution in [1.82, 2.24) is 14.8 Å². The van der Waals surface area contributed by atoms with E-state index in [1.165, 1.54) is 6.33 Å². The summed E-state index contributed by atoms with van der Waals surface area (Å²) in [5.41, 5.74) is 1.10. The molecule has 0 aliphatic heterocycles. The highest BCUT2D eigenvalue weighted by molar-refractivity contribution is 6.20. The van der Waals surface area contributed by atoms with Gasteiger partial charge in [0, 0.05) is 0 Å². The summed E-state index contributed by atoms with van der Waals surface area (Å²) in [4.78, 5) is 3.86. The number of alkyl halides is 1. The van der Waals surface area contributed by atoms with Gasteiger partial charge in [-0.25, -0.2) is 4.98 Å². The molecule has 2 rings (SSSR count). The van der Waals surface area contributed by atoms with Crippen LogP contribution in [0.1, 0.15) is 10.9 Å². The van der Waals surface area contributed by atoms with E-state index in [1.54, 1.807) is 11.0 Å². The van der Waals surface area contributed by atoms with E-state index in [0.29, 0.717) is 6.54 Å². The van der Waals surface area contributed by atoms with Crippen LogP contribution in [0.4, 0.5) is 0 Å². The van der Waals surface area contributed by atoms with Crippen molar-refractivity contribution in [3.63, 3.8) is 0 Å². The van der Waals surface area contributed by atoms with Crippen LogP contribution >= 0.6 is 11.6 Å². The van der Waals surface area contributed by atoms with E-state index < -0.39 is 0 Å². The zero-order valence-electron chi connectivity index (χ0n) is 7.55. The average Bonchev–Trinajstić information content (AvgIpc) is 2.72. The van der Waals surface area contributed by atoms with Crippen molar-refractivity contribution < 1.29 is 0 Å². The monoisotopic (exact) mass is 207 g/mol. The van der Waals surface area contributed by atoms with Gasteiger partial charge in [0.2, 0.25) is 0 Å². The van der Waals surface area contributed by atoms with Crippen LogP contribution in [0.5, 0.6) is 0 Å². The third-order valence-corrected chi connectivity index (χ3v) is 2.37. The number of nitrogens with zero attached hydrogens (tertiary/aromatic N) is 3. The standard InChI is InChI=1S/C10H10ClN3/c11-10(6-14-8-12-7-13-14)9-4-2-1-3-5-9/h1-5,7-8,10H,6H2. The summed E-state index contributed by atoms with van der Waals surface area (Å²) in [6.45, 7) is 0.644. The predicted molar refractivity (Wildman–Crippen MR) is 55.1 cm³/mol. The number of aromatic nitrogens is 3. The number of halogens is 1. The zero-order valence-corrected chi connectivity index (χ0v) is 8.30. The summed E-state index contributed by atoms with van der Waals surface area (Å²) in [5.74, 6) is 0. The Bertz CT molecular complexity index is 372. The van der Waals surface area contributed by atoms with Crippen LogP contribution in [0.2, 0.25) is 0 Å². The summed E-state index contributed by atoms with van der Waals surface area (Å²) in [7, 11) is 0. The third kappa shape index (κ3) is 2.12. The van der Waals surface area contributed by atoms with Gasteiger partial charge >= 0.3 is 0 Å². The van der Waals surface area contributed by atoms with Crippen LogP contribution in [-0.4, -0.2) is 14.8 Å². The van der Waals surface area contributed by atoms with Gasteiger partial charge < -0.3 is 0 Å². The van der Waals surface area contributed by atoms with Crippen molar-refractivity contribution in [2.45, 2.75) is 11.9 Å². The summed E-state index contributed by atoms with van der Waals surface area (Å²) in [6, 6.07) is 9.95. The van der Waals surface area contributed by atoms with Gasteiger partial charge in [-0.05, 0) is 5.56 Å². The second kappa shape index (κ2) is 4.24. The van der Waals surface area contributed by atoms with Gasteiger partial charge in [0.15, 0.2) is 0 Å². The Morgan fingerprint density at radius 1 is 1.29 bits per heavy atom. The lowest BCUT2D eigenvalue weighted by Gasteiger charge is -2.08. The van der Waals surface area contributed by atoms with Crippen molar-refractivity contribution >= 4 is 11.6 Å². The average molecular weight is 208 g/mol. The molecule has 0 saturated heterocycles. The number of hydrogen-bond donors (Lipinski definition) is 0. The molecule has 0 radical (unpaired) electrons. The minimum atomic E-state index is -0.0575. The van der Waals surface area contributed by atoms with Crippen LogP contribution in [0.25, 0.3) is 0 Å². The molecule has 0 amide bonds. The Labute approximate surface area is 87.3 Å². The SMILES string of the molecule is ClC(Cn1cncn1)c1ccccc1. The zero-order chi connectivity index (χ0) is 9.80. The van der Waals surface area contributed by atoms with Crippen molar-refractivity contribution in [3.8, 4) is 0 Å². The van der Waals surface area contributed by atoms with Gasteiger partial charge in [-0.15, -0.1) is 11.6 Å². The normalized spacial score (nSPS) is 12.6. The molecule has 1 atom stereocenters. The molecule has 1 unspecified atom stereocenters. The fourth-order valence-electron chi connectivity index (χ4n) is 1.26. The number of hydrogen-bond acceptors (Lipinski definition) is 2. The molecule has 0 spiro atoms. The Hall–Kier alpha value is -1.35. The van der Waals surface area contributed by atoms with Gasteiger partial charge in [-0.3, -0.25) is 4.68 Å². The molecule has 1 heterocycles. The number of rotatable bonds is 3. The Morgan fingerprint density at radius 2 is 2.07 bits per heavy atom. The molecular formula is C10H10ClN3. The lowest BCUT2D eigenvalue weighted by atomic mass is 10.1. The van der Waals surface area contributed by atoms with E-state index in [9.17, 15) is 0 Å². The van der Waals surface area contributed by atoms with Crippen LogP contribution in [-0.2, 0) is 6.54 Å². The fraction of sp³-hybridized carbons (Fsp3) is 0.200. The summed E-state index contributed by atoms with van der Waals surface area (Å²) in [5, 5.41) is 3.95. The summed E-state index contributed by atoms with van der Waals surface area (Å²) in [6.07, 6.45) is 3.17. The molecule has 0 aliphatic rings. The Balaban J connectivity index is 2.07. The predicted octanol–water partition coefficient (Wildman–Crippen LogP) is 2.26. The highest BCUT2D eigenvalue weighted by Gasteiger charge is 2.07. The maximum absolute atomic E-state index is 6.21. The van der Waals surface area contributed by atoms with Crippen LogP contribution in [0.3, 0.4) is 0 Å². The maximum Gasteiger partial charge on any atom is 0.137 e. The Kier molecular flexibility index (Phi) is 2.79. The van der Waals surface area contributed by atoms with Gasteiger partial charge in [0.05, 0.1) is 11.9 Å². The topological polar surface area (TPSA) is 30.7 Å². The highest BCUT2D eigenvalue weighted by Crippen LogP contribution is 2.21. The molecule has 1 aromatic heterocycles. The first-order valence-electron chi connectivity index (χ1n) is 4.37. The van der Waals surface area contributed by atoms with E-state index in [-0.39, 0.29) is 5.38 Å². The summed E-state index contributed by atoms with van der Waals surface area (Å²) >= 11 is 6.21. The molecule has 0 aliphatic carbocycles. The van der Waals surface area contributed by atoms with E-state index in [0.717, 1.165) is 5.56 Å². The quantitative estimate of drug-likeness (QED) is 0.723. The minimum absolute atomic E-state index is 0.0575. The second-order valence-corrected chi connectivity index (χ2v) is 3.52. The fourth-order valence-corrected chi connectivity index (χ4v) is 1.55. The first kappa shape index (κ1) is 9.21. The largest absolute Gasteiger partial charge is 0.251 e. The first-order chi connectivity index (χ1) is 6.86. The molecule has 0 N–H and O–H groups in total. The number of benzene rings is 1. The molecule has 4 heteroatoms. The van der Waals surface area contributed by atoms with Gasteiger partial charge in [0.1, 0.15) is 12.7 Å². The van der Waals surface area contributed by atoms with E-state index in [1.807, 2.05) is 30.3 Å². The highest BCUT2D eigenvalue weighted by atomic mass is 35.5. The maximum atomic E-state index is 6.21. The summed E-state index contributed by atoms with van der Waals surface area (Å²) < 4.78 is 1.73. The van der Waals surface area contributed by atoms with Crippen LogP contribution in [0, 0.1) is 0 Å². The van der Waals surface area contributed by atoms with Crippen molar-refractivity contribution in [3.05, 3.63) is 48.5 Å². The van der Waals surface area contributed by atoms with Gasteiger partial charge in [-0.2, -0.15) is 5.10 Å². The third-order valence-electron chi connectivity index (χ3n) is 1.98. The van der Waals surface area contributed by atoms with Gasteiger partial charge in [0.25, 0.3) is 0 Å². The molecule has 14 heavy (non-hydrogen) atoms.